The molecule has 1 aromatic rings. The van der Waals surface area contributed by atoms with Gasteiger partial charge in [-0.3, -0.25) is 0 Å². The molecule has 0 spiro atoms. The predicted molar refractivity (Wildman–Crippen MR) is 67.1 cm³/mol. The molecular formula is C12H13BrN2O2. The van der Waals surface area contributed by atoms with Crippen LogP contribution in [0.3, 0.4) is 0 Å². The molecule has 0 aromatic heterocycles. The Morgan fingerprint density at radius 2 is 2.18 bits per heavy atom. The minimum atomic E-state index is 0.520. The van der Waals surface area contributed by atoms with E-state index in [1.54, 1.807) is 0 Å². The highest BCUT2D eigenvalue weighted by Gasteiger charge is 2.15. The van der Waals surface area contributed by atoms with Crippen molar-refractivity contribution in [2.45, 2.75) is 13.0 Å². The molecule has 2 rings (SSSR count). The minimum absolute atomic E-state index is 0.520. The van der Waals surface area contributed by atoms with Crippen molar-refractivity contribution in [1.82, 2.24) is 5.32 Å². The number of rotatable bonds is 4. The molecule has 17 heavy (non-hydrogen) atoms. The lowest BCUT2D eigenvalue weighted by atomic mass is 10.2. The van der Waals surface area contributed by atoms with Crippen molar-refractivity contribution in [3.8, 4) is 17.6 Å². The summed E-state index contributed by atoms with van der Waals surface area (Å²) in [7, 11) is 0. The van der Waals surface area contributed by atoms with Gasteiger partial charge < -0.3 is 14.8 Å². The quantitative estimate of drug-likeness (QED) is 0.866. The molecule has 0 saturated heterocycles. The molecule has 0 atom stereocenters. The third-order valence-corrected chi connectivity index (χ3v) is 2.99. The molecule has 0 radical (unpaired) electrons. The van der Waals surface area contributed by atoms with Crippen LogP contribution >= 0.6 is 15.9 Å². The van der Waals surface area contributed by atoms with Crippen molar-refractivity contribution < 1.29 is 9.47 Å². The van der Waals surface area contributed by atoms with Gasteiger partial charge in [-0.15, -0.1) is 0 Å². The monoisotopic (exact) mass is 296 g/mol. The van der Waals surface area contributed by atoms with E-state index in [2.05, 4.69) is 27.3 Å². The Balaban J connectivity index is 2.04. The van der Waals surface area contributed by atoms with Crippen molar-refractivity contribution in [3.05, 3.63) is 22.2 Å². The predicted octanol–water partition coefficient (Wildman–Crippen LogP) is 2.22. The molecule has 5 heteroatoms. The average Bonchev–Trinajstić information content (AvgIpc) is 2.35. The molecule has 0 unspecified atom stereocenters. The van der Waals surface area contributed by atoms with Crippen molar-refractivity contribution >= 4 is 15.9 Å². The summed E-state index contributed by atoms with van der Waals surface area (Å²) in [6, 6.07) is 6.08. The summed E-state index contributed by atoms with van der Waals surface area (Å²) >= 11 is 3.47. The third-order valence-electron chi connectivity index (χ3n) is 2.40. The first kappa shape index (κ1) is 12.2. The zero-order chi connectivity index (χ0) is 12.1. The van der Waals surface area contributed by atoms with Crippen LogP contribution < -0.4 is 14.8 Å². The Kier molecular flexibility index (Phi) is 4.24. The first-order valence-electron chi connectivity index (χ1n) is 5.47. The maximum Gasteiger partial charge on any atom is 0.175 e. The van der Waals surface area contributed by atoms with Gasteiger partial charge in [0.25, 0.3) is 0 Å². The Morgan fingerprint density at radius 1 is 1.35 bits per heavy atom. The van der Waals surface area contributed by atoms with Gasteiger partial charge >= 0.3 is 0 Å². The van der Waals surface area contributed by atoms with Crippen molar-refractivity contribution in [3.63, 3.8) is 0 Å². The van der Waals surface area contributed by atoms with E-state index in [0.29, 0.717) is 26.2 Å². The second kappa shape index (κ2) is 5.89. The van der Waals surface area contributed by atoms with E-state index in [-0.39, 0.29) is 0 Å². The zero-order valence-corrected chi connectivity index (χ0v) is 10.9. The summed E-state index contributed by atoms with van der Waals surface area (Å²) in [5.74, 6) is 1.56. The molecule has 0 aliphatic carbocycles. The number of nitrogens with one attached hydrogen (secondary N) is 1. The smallest absolute Gasteiger partial charge is 0.175 e. The van der Waals surface area contributed by atoms with Crippen molar-refractivity contribution in [1.29, 1.82) is 5.26 Å². The van der Waals surface area contributed by atoms with Crippen LogP contribution in [-0.2, 0) is 6.54 Å². The lowest BCUT2D eigenvalue weighted by Gasteiger charge is -2.20. The van der Waals surface area contributed by atoms with Crippen LogP contribution in [0, 0.1) is 11.3 Å². The van der Waals surface area contributed by atoms with E-state index < -0.39 is 0 Å². The molecule has 90 valence electrons. The summed E-state index contributed by atoms with van der Waals surface area (Å²) < 4.78 is 12.0. The topological polar surface area (TPSA) is 54.3 Å². The molecule has 1 aliphatic rings. The standard InChI is InChI=1S/C12H13BrN2O2/c13-10-6-9(8-15-3-1-2-14)7-11-12(10)17-5-4-16-11/h6-7,15H,1,3-5,8H2. The van der Waals surface area contributed by atoms with Gasteiger partial charge in [0.05, 0.1) is 10.5 Å². The Morgan fingerprint density at radius 3 is 3.00 bits per heavy atom. The molecule has 4 nitrogen and oxygen atoms in total. The van der Waals surface area contributed by atoms with Crippen LogP contribution in [-0.4, -0.2) is 19.8 Å². The lowest BCUT2D eigenvalue weighted by Crippen LogP contribution is -2.17. The first-order chi connectivity index (χ1) is 8.31. The Bertz CT molecular complexity index is 443. The Labute approximate surface area is 109 Å². The summed E-state index contributed by atoms with van der Waals surface area (Å²) in [6.07, 6.45) is 0.520. The second-order valence-electron chi connectivity index (χ2n) is 3.69. The van der Waals surface area contributed by atoms with Gasteiger partial charge in [-0.2, -0.15) is 5.26 Å². The SMILES string of the molecule is N#CCCNCc1cc(Br)c2c(c1)OCCO2. The van der Waals surface area contributed by atoms with Gasteiger partial charge in [0.2, 0.25) is 0 Å². The molecule has 1 N–H and O–H groups in total. The van der Waals surface area contributed by atoms with Gasteiger partial charge in [0.15, 0.2) is 11.5 Å². The van der Waals surface area contributed by atoms with E-state index in [9.17, 15) is 0 Å². The molecular weight excluding hydrogens is 284 g/mol. The first-order valence-corrected chi connectivity index (χ1v) is 6.26. The molecule has 1 heterocycles. The fraction of sp³-hybridized carbons (Fsp3) is 0.417. The highest BCUT2D eigenvalue weighted by Crippen LogP contribution is 2.38. The van der Waals surface area contributed by atoms with E-state index in [1.807, 2.05) is 12.1 Å². The fourth-order valence-electron chi connectivity index (χ4n) is 1.64. The number of hydrogen-bond donors (Lipinski definition) is 1. The fourth-order valence-corrected chi connectivity index (χ4v) is 2.25. The summed E-state index contributed by atoms with van der Waals surface area (Å²) in [6.45, 7) is 2.59. The largest absolute Gasteiger partial charge is 0.486 e. The number of hydrogen-bond acceptors (Lipinski definition) is 4. The zero-order valence-electron chi connectivity index (χ0n) is 9.33. The van der Waals surface area contributed by atoms with E-state index >= 15 is 0 Å². The molecule has 0 bridgehead atoms. The summed E-state index contributed by atoms with van der Waals surface area (Å²) in [4.78, 5) is 0. The lowest BCUT2D eigenvalue weighted by molar-refractivity contribution is 0.170. The van der Waals surface area contributed by atoms with E-state index in [4.69, 9.17) is 14.7 Å². The maximum atomic E-state index is 8.43. The number of benzene rings is 1. The van der Waals surface area contributed by atoms with E-state index in [0.717, 1.165) is 28.1 Å². The number of nitrogens with zero attached hydrogens (tertiary/aromatic N) is 1. The number of halogens is 1. The number of nitriles is 1. The van der Waals surface area contributed by atoms with Gasteiger partial charge in [0.1, 0.15) is 13.2 Å². The van der Waals surface area contributed by atoms with Gasteiger partial charge in [-0.25, -0.2) is 0 Å². The molecule has 0 fully saturated rings. The van der Waals surface area contributed by atoms with Gasteiger partial charge in [-0.1, -0.05) is 0 Å². The highest BCUT2D eigenvalue weighted by molar-refractivity contribution is 9.10. The Hall–Kier alpha value is -1.25. The molecule has 0 saturated carbocycles. The summed E-state index contributed by atoms with van der Waals surface area (Å²) in [5, 5.41) is 11.6. The van der Waals surface area contributed by atoms with Crippen LogP contribution in [0.1, 0.15) is 12.0 Å². The van der Waals surface area contributed by atoms with Crippen LogP contribution in [0.4, 0.5) is 0 Å². The second-order valence-corrected chi connectivity index (χ2v) is 4.54. The van der Waals surface area contributed by atoms with E-state index in [1.165, 1.54) is 0 Å². The molecule has 1 aromatic carbocycles. The van der Waals surface area contributed by atoms with Gasteiger partial charge in [0, 0.05) is 19.5 Å². The molecule has 1 aliphatic heterocycles. The van der Waals surface area contributed by atoms with Crippen LogP contribution in [0.2, 0.25) is 0 Å². The van der Waals surface area contributed by atoms with Gasteiger partial charge in [-0.05, 0) is 33.6 Å². The highest BCUT2D eigenvalue weighted by atomic mass is 79.9. The van der Waals surface area contributed by atoms with Crippen LogP contribution in [0.25, 0.3) is 0 Å². The van der Waals surface area contributed by atoms with Crippen molar-refractivity contribution in [2.75, 3.05) is 19.8 Å². The van der Waals surface area contributed by atoms with Crippen LogP contribution in [0.5, 0.6) is 11.5 Å². The average molecular weight is 297 g/mol. The number of ether oxygens (including phenoxy) is 2. The molecule has 0 amide bonds. The summed E-state index contributed by atoms with van der Waals surface area (Å²) in [5.41, 5.74) is 1.11. The third kappa shape index (κ3) is 3.11. The number of fused-ring (bicyclic) bond motifs is 1. The normalized spacial score (nSPS) is 13.2. The van der Waals surface area contributed by atoms with Crippen LogP contribution in [0.15, 0.2) is 16.6 Å². The maximum absolute atomic E-state index is 8.43. The van der Waals surface area contributed by atoms with Crippen molar-refractivity contribution in [2.24, 2.45) is 0 Å². The minimum Gasteiger partial charge on any atom is -0.486 e.